The van der Waals surface area contributed by atoms with Gasteiger partial charge in [-0.05, 0) is 49.8 Å². The molecule has 0 radical (unpaired) electrons. The molecule has 4 amide bonds. The number of hydrogen-bond acceptors (Lipinski definition) is 7. The van der Waals surface area contributed by atoms with Crippen molar-refractivity contribution in [3.8, 4) is 0 Å². The number of benzene rings is 2. The van der Waals surface area contributed by atoms with Crippen molar-refractivity contribution in [2.24, 2.45) is 5.92 Å². The molecule has 10 nitrogen and oxygen atoms in total. The maximum Gasteiger partial charge on any atom is 0.407 e. The summed E-state index contributed by atoms with van der Waals surface area (Å²) in [5.74, 6) is -0.301. The minimum absolute atomic E-state index is 0.0976. The van der Waals surface area contributed by atoms with Gasteiger partial charge in [-0.25, -0.2) is 9.59 Å². The Hall–Kier alpha value is -3.96. The topological polar surface area (TPSA) is 116 Å². The van der Waals surface area contributed by atoms with Crippen molar-refractivity contribution in [3.63, 3.8) is 0 Å². The molecule has 0 spiro atoms. The lowest BCUT2D eigenvalue weighted by Crippen LogP contribution is -2.57. The number of nitrogens with zero attached hydrogens (tertiary/aromatic N) is 3. The number of rotatable bonds is 14. The zero-order valence-electron chi connectivity index (χ0n) is 26.5. The number of likely N-dealkylation sites (N-methyl/N-ethyl adjacent to an activating group) is 1. The maximum absolute atomic E-state index is 13.7. The molecular formula is C34H46N6O4S. The molecule has 1 aliphatic rings. The van der Waals surface area contributed by atoms with Gasteiger partial charge in [-0.1, -0.05) is 74.5 Å². The number of alkyl carbamates (subject to hydrolysis) is 1. The molecule has 0 bridgehead atoms. The Bertz CT molecular complexity index is 1320. The number of hydrogen-bond donors (Lipinski definition) is 3. The molecule has 3 atom stereocenters. The molecule has 3 aromatic rings. The van der Waals surface area contributed by atoms with Crippen LogP contribution in [-0.2, 0) is 29.0 Å². The molecule has 0 saturated carbocycles. The summed E-state index contributed by atoms with van der Waals surface area (Å²) in [6, 6.07) is 18.7. The first-order chi connectivity index (χ1) is 21.8. The van der Waals surface area contributed by atoms with Gasteiger partial charge in [0.15, 0.2) is 0 Å². The summed E-state index contributed by atoms with van der Waals surface area (Å²) in [5.41, 5.74) is 3.90. The fourth-order valence-corrected chi connectivity index (χ4v) is 5.87. The van der Waals surface area contributed by atoms with Crippen molar-refractivity contribution in [3.05, 3.63) is 88.4 Å². The summed E-state index contributed by atoms with van der Waals surface area (Å²) in [4.78, 5) is 48.5. The first-order valence-corrected chi connectivity index (χ1v) is 16.6. The minimum atomic E-state index is -0.671. The number of ether oxygens (including phenoxy) is 1. The quantitative estimate of drug-likeness (QED) is 0.241. The van der Waals surface area contributed by atoms with Crippen LogP contribution in [0.15, 0.2) is 72.4 Å². The summed E-state index contributed by atoms with van der Waals surface area (Å²) < 4.78 is 5.48. The van der Waals surface area contributed by atoms with E-state index in [2.05, 4.69) is 25.8 Å². The van der Waals surface area contributed by atoms with Gasteiger partial charge in [-0.2, -0.15) is 0 Å². The van der Waals surface area contributed by atoms with Gasteiger partial charge >= 0.3 is 12.1 Å². The predicted molar refractivity (Wildman–Crippen MR) is 177 cm³/mol. The van der Waals surface area contributed by atoms with Crippen molar-refractivity contribution < 1.29 is 19.1 Å². The zero-order valence-corrected chi connectivity index (χ0v) is 27.3. The standard InChI is InChI=1S/C34H46N6O4S/c1-25(2)31(38-33(42)40-18-16-39(3)17-19-40)32(41)36-28(20-26-10-6-4-7-11-26)14-15-29(21-27-12-8-5-9-13-27)37-34(43)44-23-30-22-35-24-45-30/h4-13,22,24-25,28-29,31H,14-21,23H2,1-3H3,(H,36,41)(H,37,43)(H,38,42)/t28-,29-,31?/m1/s1. The van der Waals surface area contributed by atoms with Gasteiger partial charge in [0.25, 0.3) is 0 Å². The Morgan fingerprint density at radius 3 is 1.96 bits per heavy atom. The molecular weight excluding hydrogens is 588 g/mol. The highest BCUT2D eigenvalue weighted by Crippen LogP contribution is 2.15. The zero-order chi connectivity index (χ0) is 32.0. The van der Waals surface area contributed by atoms with E-state index in [1.54, 1.807) is 16.6 Å². The summed E-state index contributed by atoms with van der Waals surface area (Å²) in [7, 11) is 2.04. The van der Waals surface area contributed by atoms with E-state index in [1.807, 2.05) is 81.6 Å². The van der Waals surface area contributed by atoms with Crippen LogP contribution in [0.1, 0.15) is 42.7 Å². The first-order valence-electron chi connectivity index (χ1n) is 15.7. The van der Waals surface area contributed by atoms with E-state index in [0.717, 1.165) is 29.1 Å². The first kappa shape index (κ1) is 33.9. The lowest BCUT2D eigenvalue weighted by atomic mass is 9.95. The van der Waals surface area contributed by atoms with E-state index >= 15 is 0 Å². The summed E-state index contributed by atoms with van der Waals surface area (Å²) >= 11 is 1.44. The summed E-state index contributed by atoms with van der Waals surface area (Å²) in [6.45, 7) is 6.93. The van der Waals surface area contributed by atoms with Crippen molar-refractivity contribution in [2.45, 2.75) is 64.3 Å². The van der Waals surface area contributed by atoms with E-state index in [-0.39, 0.29) is 36.5 Å². The van der Waals surface area contributed by atoms with Crippen LogP contribution in [0, 0.1) is 5.92 Å². The molecule has 1 fully saturated rings. The van der Waals surface area contributed by atoms with E-state index in [0.29, 0.717) is 38.8 Å². The number of piperazine rings is 1. The largest absolute Gasteiger partial charge is 0.444 e. The van der Waals surface area contributed by atoms with E-state index in [4.69, 9.17) is 4.74 Å². The SMILES string of the molecule is CC(C)C(NC(=O)N1CCN(C)CC1)C(=O)N[C@H](CC[C@H](Cc1ccccc1)NC(=O)OCc1cncs1)Cc1ccccc1. The maximum atomic E-state index is 13.7. The van der Waals surface area contributed by atoms with Gasteiger partial charge in [-0.15, -0.1) is 11.3 Å². The van der Waals surface area contributed by atoms with E-state index in [1.165, 1.54) is 11.3 Å². The number of aromatic nitrogens is 1. The Kier molecular flexibility index (Phi) is 13.2. The van der Waals surface area contributed by atoms with Crippen molar-refractivity contribution in [1.29, 1.82) is 0 Å². The van der Waals surface area contributed by atoms with Crippen molar-refractivity contribution in [1.82, 2.24) is 30.7 Å². The highest BCUT2D eigenvalue weighted by molar-refractivity contribution is 7.09. The third-order valence-corrected chi connectivity index (χ3v) is 8.78. The second kappa shape index (κ2) is 17.5. The second-order valence-corrected chi connectivity index (χ2v) is 13.0. The van der Waals surface area contributed by atoms with Crippen LogP contribution in [0.5, 0.6) is 0 Å². The summed E-state index contributed by atoms with van der Waals surface area (Å²) in [6.07, 6.45) is 3.68. The van der Waals surface area contributed by atoms with Gasteiger partial charge in [0.1, 0.15) is 12.6 Å². The summed E-state index contributed by atoms with van der Waals surface area (Å²) in [5, 5.41) is 9.30. The fourth-order valence-electron chi connectivity index (χ4n) is 5.37. The van der Waals surface area contributed by atoms with E-state index < -0.39 is 12.1 Å². The molecule has 3 N–H and O–H groups in total. The monoisotopic (exact) mass is 634 g/mol. The van der Waals surface area contributed by atoms with Crippen LogP contribution in [0.25, 0.3) is 0 Å². The molecule has 11 heteroatoms. The van der Waals surface area contributed by atoms with Crippen LogP contribution in [0.2, 0.25) is 0 Å². The van der Waals surface area contributed by atoms with Crippen LogP contribution >= 0.6 is 11.3 Å². The molecule has 1 aliphatic heterocycles. The molecule has 1 unspecified atom stereocenters. The number of thiazole rings is 1. The molecule has 1 aromatic heterocycles. The number of amides is 4. The minimum Gasteiger partial charge on any atom is -0.444 e. The van der Waals surface area contributed by atoms with Crippen LogP contribution in [-0.4, -0.2) is 84.2 Å². The fraction of sp³-hybridized carbons (Fsp3) is 0.471. The van der Waals surface area contributed by atoms with Crippen LogP contribution in [0.3, 0.4) is 0 Å². The Morgan fingerprint density at radius 1 is 0.844 bits per heavy atom. The van der Waals surface area contributed by atoms with Gasteiger partial charge in [-0.3, -0.25) is 9.78 Å². The van der Waals surface area contributed by atoms with Crippen molar-refractivity contribution in [2.75, 3.05) is 33.2 Å². The van der Waals surface area contributed by atoms with Gasteiger partial charge < -0.3 is 30.5 Å². The molecule has 4 rings (SSSR count). The lowest BCUT2D eigenvalue weighted by Gasteiger charge is -2.34. The smallest absolute Gasteiger partial charge is 0.407 e. The van der Waals surface area contributed by atoms with Gasteiger partial charge in [0.2, 0.25) is 5.91 Å². The third-order valence-electron chi connectivity index (χ3n) is 8.03. The molecule has 1 saturated heterocycles. The number of carbonyl (C=O) groups excluding carboxylic acids is 3. The highest BCUT2D eigenvalue weighted by Gasteiger charge is 2.29. The Balaban J connectivity index is 1.43. The molecule has 2 aromatic carbocycles. The highest BCUT2D eigenvalue weighted by atomic mass is 32.1. The van der Waals surface area contributed by atoms with Crippen LogP contribution in [0.4, 0.5) is 9.59 Å². The number of nitrogens with one attached hydrogen (secondary N) is 3. The molecule has 45 heavy (non-hydrogen) atoms. The average Bonchev–Trinajstić information content (AvgIpc) is 3.56. The average molecular weight is 635 g/mol. The predicted octanol–water partition coefficient (Wildman–Crippen LogP) is 4.47. The Labute approximate surface area is 270 Å². The number of carbonyl (C=O) groups is 3. The lowest BCUT2D eigenvalue weighted by molar-refractivity contribution is -0.124. The molecule has 242 valence electrons. The van der Waals surface area contributed by atoms with E-state index in [9.17, 15) is 14.4 Å². The Morgan fingerprint density at radius 2 is 1.42 bits per heavy atom. The molecule has 2 heterocycles. The molecule has 0 aliphatic carbocycles. The normalized spacial score (nSPS) is 15.6. The number of urea groups is 1. The van der Waals surface area contributed by atoms with Gasteiger partial charge in [0, 0.05) is 44.5 Å². The second-order valence-electron chi connectivity index (χ2n) is 12.0. The van der Waals surface area contributed by atoms with Crippen LogP contribution < -0.4 is 16.0 Å². The third kappa shape index (κ3) is 11.5. The van der Waals surface area contributed by atoms with Crippen molar-refractivity contribution >= 4 is 29.4 Å². The van der Waals surface area contributed by atoms with Gasteiger partial charge in [0.05, 0.1) is 10.4 Å².